The molecule has 1 N–H and O–H groups in total. The fraction of sp³-hybridized carbons (Fsp3) is 0.0625. The summed E-state index contributed by atoms with van der Waals surface area (Å²) in [5, 5.41) is 9.58. The lowest BCUT2D eigenvalue weighted by atomic mass is 10.2. The van der Waals surface area contributed by atoms with Crippen LogP contribution in [0.3, 0.4) is 0 Å². The second-order valence-corrected chi connectivity index (χ2v) is 9.24. The van der Waals surface area contributed by atoms with Crippen LogP contribution < -0.4 is 0 Å². The van der Waals surface area contributed by atoms with E-state index in [2.05, 4.69) is 0 Å². The Morgan fingerprint density at radius 1 is 0.920 bits per heavy atom. The van der Waals surface area contributed by atoms with Crippen molar-refractivity contribution in [1.82, 2.24) is 3.97 Å². The molecule has 1 heterocycles. The third kappa shape index (κ3) is 2.92. The molecule has 0 unspecified atom stereocenters. The fourth-order valence-corrected chi connectivity index (χ4v) is 4.49. The van der Waals surface area contributed by atoms with Crippen LogP contribution in [0, 0.1) is 0 Å². The summed E-state index contributed by atoms with van der Waals surface area (Å²) in [6.07, 6.45) is 2.07. The largest absolute Gasteiger partial charge is 0.478 e. The first-order valence-corrected chi connectivity index (χ1v) is 10.3. The fourth-order valence-electron chi connectivity index (χ4n) is 2.49. The number of hydrogen-bond acceptors (Lipinski definition) is 5. The van der Waals surface area contributed by atoms with E-state index in [1.165, 1.54) is 36.4 Å². The Hall–Kier alpha value is -2.65. The van der Waals surface area contributed by atoms with Crippen LogP contribution in [0.2, 0.25) is 0 Å². The van der Waals surface area contributed by atoms with Gasteiger partial charge in [0.05, 0.1) is 20.9 Å². The van der Waals surface area contributed by atoms with Crippen molar-refractivity contribution in [2.75, 3.05) is 6.26 Å². The monoisotopic (exact) mass is 379 g/mol. The number of carbonyl (C=O) groups is 1. The molecule has 9 heteroatoms. The molecular weight excluding hydrogens is 366 g/mol. The van der Waals surface area contributed by atoms with Gasteiger partial charge in [0.25, 0.3) is 10.0 Å². The number of benzene rings is 2. The summed E-state index contributed by atoms with van der Waals surface area (Å²) >= 11 is 0. The molecule has 0 aliphatic heterocycles. The zero-order valence-corrected chi connectivity index (χ0v) is 14.6. The number of nitrogens with zero attached hydrogens (tertiary/aromatic N) is 1. The second-order valence-electron chi connectivity index (χ2n) is 5.41. The Morgan fingerprint density at radius 3 is 2.04 bits per heavy atom. The van der Waals surface area contributed by atoms with E-state index in [0.717, 1.165) is 16.4 Å². The molecule has 0 aliphatic rings. The van der Waals surface area contributed by atoms with Gasteiger partial charge in [-0.25, -0.2) is 25.6 Å². The van der Waals surface area contributed by atoms with Crippen molar-refractivity contribution in [2.24, 2.45) is 0 Å². The van der Waals surface area contributed by atoms with Crippen molar-refractivity contribution in [3.8, 4) is 0 Å². The number of fused-ring (bicyclic) bond motifs is 1. The molecule has 2 aromatic carbocycles. The number of aromatic carboxylic acids is 1. The van der Waals surface area contributed by atoms with Crippen LogP contribution in [0.4, 0.5) is 0 Å². The zero-order valence-electron chi connectivity index (χ0n) is 12.9. The molecule has 7 nitrogen and oxygen atoms in total. The van der Waals surface area contributed by atoms with Crippen LogP contribution in [-0.4, -0.2) is 38.1 Å². The van der Waals surface area contributed by atoms with Gasteiger partial charge in [0.1, 0.15) is 0 Å². The van der Waals surface area contributed by atoms with E-state index < -0.39 is 25.8 Å². The maximum atomic E-state index is 12.9. The van der Waals surface area contributed by atoms with E-state index in [-0.39, 0.29) is 20.9 Å². The van der Waals surface area contributed by atoms with Crippen molar-refractivity contribution in [3.63, 3.8) is 0 Å². The average Bonchev–Trinajstić information content (AvgIpc) is 2.95. The lowest BCUT2D eigenvalue weighted by Gasteiger charge is -2.08. The highest BCUT2D eigenvalue weighted by molar-refractivity contribution is 7.91. The van der Waals surface area contributed by atoms with Crippen molar-refractivity contribution in [1.29, 1.82) is 0 Å². The number of hydrogen-bond donors (Lipinski definition) is 1. The van der Waals surface area contributed by atoms with Gasteiger partial charge >= 0.3 is 5.97 Å². The van der Waals surface area contributed by atoms with Crippen LogP contribution in [0.25, 0.3) is 10.9 Å². The Labute approximate surface area is 144 Å². The van der Waals surface area contributed by atoms with Crippen LogP contribution in [-0.2, 0) is 19.9 Å². The molecule has 0 aliphatic carbocycles. The summed E-state index contributed by atoms with van der Waals surface area (Å²) < 4.78 is 49.6. The molecule has 0 radical (unpaired) electrons. The van der Waals surface area contributed by atoms with E-state index in [0.29, 0.717) is 5.39 Å². The quantitative estimate of drug-likeness (QED) is 0.742. The Bertz CT molecular complexity index is 1190. The first-order valence-electron chi connectivity index (χ1n) is 7.01. The van der Waals surface area contributed by atoms with Gasteiger partial charge in [-0.1, -0.05) is 18.2 Å². The maximum Gasteiger partial charge on any atom is 0.337 e. The predicted octanol–water partition coefficient (Wildman–Crippen LogP) is 1.98. The number of aromatic nitrogens is 1. The number of rotatable bonds is 4. The number of para-hydroxylation sites is 1. The Balaban J connectivity index is 2.22. The highest BCUT2D eigenvalue weighted by Crippen LogP contribution is 2.26. The number of sulfone groups is 1. The molecule has 0 bridgehead atoms. The summed E-state index contributed by atoms with van der Waals surface area (Å²) in [5.41, 5.74) is 0.0963. The van der Waals surface area contributed by atoms with E-state index in [4.69, 9.17) is 0 Å². The first kappa shape index (κ1) is 17.2. The lowest BCUT2D eigenvalue weighted by Crippen LogP contribution is -2.12. The van der Waals surface area contributed by atoms with Gasteiger partial charge in [0.15, 0.2) is 9.84 Å². The van der Waals surface area contributed by atoms with Crippen LogP contribution in [0.1, 0.15) is 10.4 Å². The highest BCUT2D eigenvalue weighted by atomic mass is 32.2. The van der Waals surface area contributed by atoms with Gasteiger partial charge in [-0.3, -0.25) is 0 Å². The molecule has 0 spiro atoms. The SMILES string of the molecule is CS(=O)(=O)c1ccc(S(=O)(=O)n2cc(C(=O)O)c3ccccc32)cc1. The molecule has 0 saturated heterocycles. The topological polar surface area (TPSA) is 111 Å². The third-order valence-corrected chi connectivity index (χ3v) is 6.53. The van der Waals surface area contributed by atoms with Crippen molar-refractivity contribution in [3.05, 3.63) is 60.3 Å². The molecular formula is C16H13NO6S2. The molecule has 0 fully saturated rings. The normalized spacial score (nSPS) is 12.4. The van der Waals surface area contributed by atoms with Crippen molar-refractivity contribution < 1.29 is 26.7 Å². The molecule has 3 rings (SSSR count). The smallest absolute Gasteiger partial charge is 0.337 e. The minimum absolute atomic E-state index is 0.00459. The molecule has 130 valence electrons. The van der Waals surface area contributed by atoms with Crippen molar-refractivity contribution in [2.45, 2.75) is 9.79 Å². The molecule has 0 amide bonds. The van der Waals surface area contributed by atoms with Crippen LogP contribution in [0.15, 0.2) is 64.5 Å². The predicted molar refractivity (Wildman–Crippen MR) is 91.0 cm³/mol. The minimum atomic E-state index is -4.08. The van der Waals surface area contributed by atoms with E-state index in [1.54, 1.807) is 12.1 Å². The zero-order chi connectivity index (χ0) is 18.4. The van der Waals surface area contributed by atoms with Gasteiger partial charge in [0, 0.05) is 17.8 Å². The van der Waals surface area contributed by atoms with Gasteiger partial charge in [0.2, 0.25) is 0 Å². The summed E-state index contributed by atoms with van der Waals surface area (Å²) in [6.45, 7) is 0. The van der Waals surface area contributed by atoms with Gasteiger partial charge in [-0.15, -0.1) is 0 Å². The molecule has 3 aromatic rings. The van der Waals surface area contributed by atoms with Crippen LogP contribution in [0.5, 0.6) is 0 Å². The average molecular weight is 379 g/mol. The molecule has 0 atom stereocenters. The highest BCUT2D eigenvalue weighted by Gasteiger charge is 2.23. The first-order chi connectivity index (χ1) is 11.6. The van der Waals surface area contributed by atoms with Gasteiger partial charge in [-0.2, -0.15) is 0 Å². The minimum Gasteiger partial charge on any atom is -0.478 e. The number of carboxylic acid groups (broad SMARTS) is 1. The molecule has 1 aromatic heterocycles. The van der Waals surface area contributed by atoms with E-state index in [1.807, 2.05) is 0 Å². The summed E-state index contributed by atoms with van der Waals surface area (Å²) in [6, 6.07) is 11.0. The number of carboxylic acids is 1. The Morgan fingerprint density at radius 2 is 1.48 bits per heavy atom. The lowest BCUT2D eigenvalue weighted by molar-refractivity contribution is 0.0699. The van der Waals surface area contributed by atoms with Crippen molar-refractivity contribution >= 4 is 36.7 Å². The molecule has 0 saturated carbocycles. The van der Waals surface area contributed by atoms with Gasteiger partial charge < -0.3 is 5.11 Å². The molecule has 25 heavy (non-hydrogen) atoms. The summed E-state index contributed by atoms with van der Waals surface area (Å²) in [5.74, 6) is -1.24. The summed E-state index contributed by atoms with van der Waals surface area (Å²) in [4.78, 5) is 11.2. The van der Waals surface area contributed by atoms with Crippen LogP contribution >= 0.6 is 0 Å². The third-order valence-electron chi connectivity index (χ3n) is 3.72. The van der Waals surface area contributed by atoms with E-state index in [9.17, 15) is 26.7 Å². The second kappa shape index (κ2) is 5.71. The maximum absolute atomic E-state index is 12.9. The Kier molecular flexibility index (Phi) is 3.92. The summed E-state index contributed by atoms with van der Waals surface area (Å²) in [7, 11) is -7.53. The van der Waals surface area contributed by atoms with Gasteiger partial charge in [-0.05, 0) is 30.3 Å². The standard InChI is InChI=1S/C16H13NO6S2/c1-24(20,21)11-6-8-12(9-7-11)25(22,23)17-10-14(16(18)19)13-4-2-3-5-15(13)17/h2-10H,1H3,(H,18,19). The van der Waals surface area contributed by atoms with E-state index >= 15 is 0 Å².